The van der Waals surface area contributed by atoms with Gasteiger partial charge >= 0.3 is 0 Å². The molecule has 0 radical (unpaired) electrons. The number of carbonyl (C=O) groups is 1. The molecule has 2 N–H and O–H groups in total. The normalized spacial score (nSPS) is 12.7. The van der Waals surface area contributed by atoms with Crippen molar-refractivity contribution in [2.75, 3.05) is 0 Å². The molecule has 0 atom stereocenters. The molecular weight excluding hydrogens is 360 g/mol. The summed E-state index contributed by atoms with van der Waals surface area (Å²) >= 11 is 5.94. The average Bonchev–Trinajstić information content (AvgIpc) is 3.14. The molecule has 0 saturated heterocycles. The number of nitrogens with zero attached hydrogens (tertiary/aromatic N) is 2. The molecular formula is C21H19ClN4O. The number of hydrogen-bond donors (Lipinski definition) is 2. The second-order valence-electron chi connectivity index (χ2n) is 6.61. The quantitative estimate of drug-likeness (QED) is 0.727. The van der Waals surface area contributed by atoms with E-state index in [1.165, 1.54) is 11.1 Å². The Morgan fingerprint density at radius 3 is 2.67 bits per heavy atom. The van der Waals surface area contributed by atoms with Gasteiger partial charge in [0, 0.05) is 35.9 Å². The standard InChI is InChI=1S/C21H19ClN4O/c1-13-8-19(26-20(25-13)15-4-6-18(22)7-5-15)21(27)24-10-14-2-3-16-11-23-12-17(16)9-14/h2-9,23H,10-12H2,1H3,(H,24,27). The van der Waals surface area contributed by atoms with Crippen molar-refractivity contribution >= 4 is 17.5 Å². The van der Waals surface area contributed by atoms with Crippen molar-refractivity contribution < 1.29 is 4.79 Å². The summed E-state index contributed by atoms with van der Waals surface area (Å²) in [7, 11) is 0. The lowest BCUT2D eigenvalue weighted by Gasteiger charge is -2.09. The van der Waals surface area contributed by atoms with Crippen LogP contribution in [0.3, 0.4) is 0 Å². The highest BCUT2D eigenvalue weighted by atomic mass is 35.5. The molecule has 0 unspecified atom stereocenters. The van der Waals surface area contributed by atoms with E-state index in [0.717, 1.165) is 29.9 Å². The van der Waals surface area contributed by atoms with Crippen LogP contribution in [0.2, 0.25) is 5.02 Å². The summed E-state index contributed by atoms with van der Waals surface area (Å²) in [6.07, 6.45) is 0. The molecule has 6 heteroatoms. The number of benzene rings is 2. The number of amides is 1. The summed E-state index contributed by atoms with van der Waals surface area (Å²) in [5, 5.41) is 6.92. The third kappa shape index (κ3) is 3.99. The highest BCUT2D eigenvalue weighted by molar-refractivity contribution is 6.30. The average molecular weight is 379 g/mol. The van der Waals surface area contributed by atoms with Crippen LogP contribution in [-0.4, -0.2) is 15.9 Å². The minimum Gasteiger partial charge on any atom is -0.347 e. The molecule has 4 rings (SSSR count). The van der Waals surface area contributed by atoms with Crippen molar-refractivity contribution in [3.05, 3.63) is 81.6 Å². The first kappa shape index (κ1) is 17.6. The summed E-state index contributed by atoms with van der Waals surface area (Å²) in [4.78, 5) is 21.5. The zero-order valence-corrected chi connectivity index (χ0v) is 15.7. The van der Waals surface area contributed by atoms with Gasteiger partial charge in [0.05, 0.1) is 0 Å². The van der Waals surface area contributed by atoms with Crippen molar-refractivity contribution in [1.29, 1.82) is 0 Å². The Balaban J connectivity index is 1.50. The molecule has 0 spiro atoms. The van der Waals surface area contributed by atoms with Gasteiger partial charge in [0.2, 0.25) is 0 Å². The van der Waals surface area contributed by atoms with Crippen molar-refractivity contribution in [2.24, 2.45) is 0 Å². The minimum absolute atomic E-state index is 0.214. The highest BCUT2D eigenvalue weighted by Crippen LogP contribution is 2.19. The molecule has 0 fully saturated rings. The molecule has 136 valence electrons. The van der Waals surface area contributed by atoms with E-state index in [2.05, 4.69) is 38.8 Å². The van der Waals surface area contributed by atoms with Crippen molar-refractivity contribution in [3.8, 4) is 11.4 Å². The number of halogens is 1. The molecule has 5 nitrogen and oxygen atoms in total. The van der Waals surface area contributed by atoms with Crippen LogP contribution >= 0.6 is 11.6 Å². The van der Waals surface area contributed by atoms with Gasteiger partial charge in [-0.3, -0.25) is 4.79 Å². The molecule has 1 amide bonds. The Bertz CT molecular complexity index is 1000. The summed E-state index contributed by atoms with van der Waals surface area (Å²) < 4.78 is 0. The fourth-order valence-corrected chi connectivity index (χ4v) is 3.27. The molecule has 2 aromatic carbocycles. The Labute approximate surface area is 162 Å². The molecule has 1 aromatic heterocycles. The number of carbonyl (C=O) groups excluding carboxylic acids is 1. The predicted molar refractivity (Wildman–Crippen MR) is 105 cm³/mol. The minimum atomic E-state index is -0.214. The van der Waals surface area contributed by atoms with Crippen LogP contribution in [0.4, 0.5) is 0 Å². The zero-order valence-electron chi connectivity index (χ0n) is 14.9. The van der Waals surface area contributed by atoms with Crippen LogP contribution in [0.15, 0.2) is 48.5 Å². The molecule has 1 aliphatic heterocycles. The molecule has 0 aliphatic carbocycles. The number of nitrogens with one attached hydrogen (secondary N) is 2. The van der Waals surface area contributed by atoms with Gasteiger partial charge in [0.1, 0.15) is 5.69 Å². The van der Waals surface area contributed by atoms with E-state index in [1.807, 2.05) is 19.1 Å². The second-order valence-corrected chi connectivity index (χ2v) is 7.05. The number of hydrogen-bond acceptors (Lipinski definition) is 4. The lowest BCUT2D eigenvalue weighted by molar-refractivity contribution is 0.0945. The van der Waals surface area contributed by atoms with E-state index < -0.39 is 0 Å². The van der Waals surface area contributed by atoms with Crippen LogP contribution in [0.25, 0.3) is 11.4 Å². The fourth-order valence-electron chi connectivity index (χ4n) is 3.14. The number of aryl methyl sites for hydroxylation is 1. The Kier molecular flexibility index (Phi) is 4.88. The topological polar surface area (TPSA) is 66.9 Å². The van der Waals surface area contributed by atoms with Gasteiger partial charge in [-0.15, -0.1) is 0 Å². The van der Waals surface area contributed by atoms with E-state index in [-0.39, 0.29) is 5.91 Å². The number of aromatic nitrogens is 2. The van der Waals surface area contributed by atoms with Gasteiger partial charge in [-0.1, -0.05) is 29.8 Å². The fraction of sp³-hybridized carbons (Fsp3) is 0.190. The largest absolute Gasteiger partial charge is 0.347 e. The lowest BCUT2D eigenvalue weighted by Crippen LogP contribution is -2.24. The first-order valence-electron chi connectivity index (χ1n) is 8.80. The van der Waals surface area contributed by atoms with Crippen LogP contribution in [-0.2, 0) is 19.6 Å². The molecule has 1 aliphatic rings. The van der Waals surface area contributed by atoms with Crippen molar-refractivity contribution in [3.63, 3.8) is 0 Å². The van der Waals surface area contributed by atoms with Crippen molar-refractivity contribution in [1.82, 2.24) is 20.6 Å². The Morgan fingerprint density at radius 1 is 1.07 bits per heavy atom. The third-order valence-electron chi connectivity index (χ3n) is 4.54. The Morgan fingerprint density at radius 2 is 1.85 bits per heavy atom. The molecule has 3 aromatic rings. The van der Waals surface area contributed by atoms with E-state index in [0.29, 0.717) is 23.1 Å². The maximum Gasteiger partial charge on any atom is 0.270 e. The van der Waals surface area contributed by atoms with Gasteiger partial charge in [-0.05, 0) is 53.9 Å². The maximum absolute atomic E-state index is 12.6. The summed E-state index contributed by atoms with van der Waals surface area (Å²) in [5.74, 6) is 0.301. The maximum atomic E-state index is 12.6. The van der Waals surface area contributed by atoms with E-state index in [1.54, 1.807) is 18.2 Å². The molecule has 27 heavy (non-hydrogen) atoms. The van der Waals surface area contributed by atoms with Crippen LogP contribution < -0.4 is 10.6 Å². The lowest BCUT2D eigenvalue weighted by atomic mass is 10.1. The van der Waals surface area contributed by atoms with Gasteiger partial charge in [0.25, 0.3) is 5.91 Å². The van der Waals surface area contributed by atoms with Crippen molar-refractivity contribution in [2.45, 2.75) is 26.6 Å². The van der Waals surface area contributed by atoms with E-state index >= 15 is 0 Å². The van der Waals surface area contributed by atoms with Gasteiger partial charge in [0.15, 0.2) is 5.82 Å². The summed E-state index contributed by atoms with van der Waals surface area (Å²) in [6, 6.07) is 15.3. The van der Waals surface area contributed by atoms with E-state index in [4.69, 9.17) is 11.6 Å². The van der Waals surface area contributed by atoms with Crippen LogP contribution in [0.5, 0.6) is 0 Å². The van der Waals surface area contributed by atoms with Crippen LogP contribution in [0, 0.1) is 6.92 Å². The Hall–Kier alpha value is -2.76. The summed E-state index contributed by atoms with van der Waals surface area (Å²) in [5.41, 5.74) is 5.62. The predicted octanol–water partition coefficient (Wildman–Crippen LogP) is 3.64. The smallest absolute Gasteiger partial charge is 0.270 e. The van der Waals surface area contributed by atoms with E-state index in [9.17, 15) is 4.79 Å². The van der Waals surface area contributed by atoms with Gasteiger partial charge in [-0.2, -0.15) is 0 Å². The SMILES string of the molecule is Cc1cc(C(=O)NCc2ccc3c(c2)CNC3)nc(-c2ccc(Cl)cc2)n1. The molecule has 2 heterocycles. The first-order chi connectivity index (χ1) is 13.1. The summed E-state index contributed by atoms with van der Waals surface area (Å²) in [6.45, 7) is 4.11. The monoisotopic (exact) mass is 378 g/mol. The zero-order chi connectivity index (χ0) is 18.8. The highest BCUT2D eigenvalue weighted by Gasteiger charge is 2.13. The molecule has 0 bridgehead atoms. The third-order valence-corrected chi connectivity index (χ3v) is 4.80. The second kappa shape index (κ2) is 7.47. The van der Waals surface area contributed by atoms with Gasteiger partial charge < -0.3 is 10.6 Å². The number of rotatable bonds is 4. The van der Waals surface area contributed by atoms with Gasteiger partial charge in [-0.25, -0.2) is 9.97 Å². The molecule has 0 saturated carbocycles. The first-order valence-corrected chi connectivity index (χ1v) is 9.17. The number of fused-ring (bicyclic) bond motifs is 1. The van der Waals surface area contributed by atoms with Crippen LogP contribution in [0.1, 0.15) is 32.9 Å².